The third kappa shape index (κ3) is 2.92. The molecular weight excluding hydrogens is 282 g/mol. The molecule has 5 heteroatoms. The maximum absolute atomic E-state index is 5.23. The van der Waals surface area contributed by atoms with Crippen molar-refractivity contribution in [3.05, 3.63) is 34.6 Å². The van der Waals surface area contributed by atoms with Gasteiger partial charge in [-0.15, -0.1) is 0 Å². The summed E-state index contributed by atoms with van der Waals surface area (Å²) in [7, 11) is 0. The van der Waals surface area contributed by atoms with Crippen molar-refractivity contribution in [3.8, 4) is 11.4 Å². The van der Waals surface area contributed by atoms with Crippen molar-refractivity contribution in [2.75, 3.05) is 6.54 Å². The van der Waals surface area contributed by atoms with E-state index in [1.807, 2.05) is 38.1 Å². The fraction of sp³-hybridized carbons (Fsp3) is 0.333. The summed E-state index contributed by atoms with van der Waals surface area (Å²) >= 11 is 3.39. The molecule has 0 spiro atoms. The van der Waals surface area contributed by atoms with E-state index in [1.165, 1.54) is 0 Å². The first-order valence-electron chi connectivity index (χ1n) is 5.53. The van der Waals surface area contributed by atoms with E-state index in [1.54, 1.807) is 0 Å². The summed E-state index contributed by atoms with van der Waals surface area (Å²) in [6, 6.07) is 7.91. The van der Waals surface area contributed by atoms with Crippen LogP contribution in [0.1, 0.15) is 25.8 Å². The quantitative estimate of drug-likeness (QED) is 0.941. The highest BCUT2D eigenvalue weighted by Crippen LogP contribution is 2.20. The number of nitrogens with one attached hydrogen (secondary N) is 1. The summed E-state index contributed by atoms with van der Waals surface area (Å²) < 4.78 is 6.26. The van der Waals surface area contributed by atoms with Crippen LogP contribution in [0.15, 0.2) is 33.3 Å². The number of hydrogen-bond donors (Lipinski definition) is 1. The first-order chi connectivity index (χ1) is 8.20. The monoisotopic (exact) mass is 295 g/mol. The Kier molecular flexibility index (Phi) is 3.91. The van der Waals surface area contributed by atoms with E-state index in [2.05, 4.69) is 31.4 Å². The minimum Gasteiger partial charge on any atom is -0.337 e. The van der Waals surface area contributed by atoms with Crippen molar-refractivity contribution in [2.24, 2.45) is 0 Å². The van der Waals surface area contributed by atoms with E-state index in [4.69, 9.17) is 4.52 Å². The van der Waals surface area contributed by atoms with E-state index in [9.17, 15) is 0 Å². The van der Waals surface area contributed by atoms with Gasteiger partial charge >= 0.3 is 0 Å². The normalized spacial score (nSPS) is 12.6. The molecule has 2 rings (SSSR count). The Balaban J connectivity index is 2.20. The summed E-state index contributed by atoms with van der Waals surface area (Å²) in [5, 5.41) is 7.21. The second-order valence-electron chi connectivity index (χ2n) is 3.74. The molecule has 1 heterocycles. The number of rotatable bonds is 4. The van der Waals surface area contributed by atoms with Crippen molar-refractivity contribution in [2.45, 2.75) is 19.9 Å². The lowest BCUT2D eigenvalue weighted by atomic mass is 10.2. The molecular formula is C12H14BrN3O. The maximum Gasteiger partial charge on any atom is 0.243 e. The molecule has 0 saturated heterocycles. The Morgan fingerprint density at radius 3 is 2.71 bits per heavy atom. The fourth-order valence-corrected chi connectivity index (χ4v) is 1.79. The largest absolute Gasteiger partial charge is 0.337 e. The fourth-order valence-electron chi connectivity index (χ4n) is 1.52. The van der Waals surface area contributed by atoms with Gasteiger partial charge in [0.2, 0.25) is 11.7 Å². The predicted octanol–water partition coefficient (Wildman–Crippen LogP) is 3.17. The van der Waals surface area contributed by atoms with Gasteiger partial charge in [-0.2, -0.15) is 4.98 Å². The van der Waals surface area contributed by atoms with Crippen molar-refractivity contribution < 1.29 is 4.52 Å². The number of halogens is 1. The van der Waals surface area contributed by atoms with Gasteiger partial charge in [0.05, 0.1) is 6.04 Å². The van der Waals surface area contributed by atoms with E-state index in [-0.39, 0.29) is 6.04 Å². The number of hydrogen-bond acceptors (Lipinski definition) is 4. The average Bonchev–Trinajstić information content (AvgIpc) is 2.80. The molecule has 1 atom stereocenters. The molecule has 1 unspecified atom stereocenters. The van der Waals surface area contributed by atoms with E-state index in [0.717, 1.165) is 16.6 Å². The van der Waals surface area contributed by atoms with Gasteiger partial charge in [-0.25, -0.2) is 0 Å². The Morgan fingerprint density at radius 2 is 2.06 bits per heavy atom. The van der Waals surface area contributed by atoms with Gasteiger partial charge in [-0.1, -0.05) is 28.0 Å². The van der Waals surface area contributed by atoms with Crippen LogP contribution in [0.4, 0.5) is 0 Å². The summed E-state index contributed by atoms with van der Waals surface area (Å²) in [5.41, 5.74) is 0.951. The SMILES string of the molecule is CCNC(C)c1nc(-c2ccc(Br)cc2)no1. The molecule has 1 aromatic carbocycles. The van der Waals surface area contributed by atoms with Gasteiger partial charge < -0.3 is 9.84 Å². The molecule has 0 fully saturated rings. The van der Waals surface area contributed by atoms with Crippen LogP contribution in [0.25, 0.3) is 11.4 Å². The molecule has 0 amide bonds. The van der Waals surface area contributed by atoms with Crippen LogP contribution in [-0.4, -0.2) is 16.7 Å². The molecule has 0 saturated carbocycles. The lowest BCUT2D eigenvalue weighted by Gasteiger charge is -2.04. The van der Waals surface area contributed by atoms with Crippen molar-refractivity contribution in [1.82, 2.24) is 15.5 Å². The van der Waals surface area contributed by atoms with Crippen LogP contribution in [-0.2, 0) is 0 Å². The van der Waals surface area contributed by atoms with Crippen molar-refractivity contribution >= 4 is 15.9 Å². The highest BCUT2D eigenvalue weighted by Gasteiger charge is 2.13. The Labute approximate surface area is 109 Å². The molecule has 0 aliphatic rings. The van der Waals surface area contributed by atoms with E-state index < -0.39 is 0 Å². The minimum atomic E-state index is 0.0803. The summed E-state index contributed by atoms with van der Waals surface area (Å²) in [4.78, 5) is 4.37. The average molecular weight is 296 g/mol. The topological polar surface area (TPSA) is 51.0 Å². The molecule has 2 aromatic rings. The Morgan fingerprint density at radius 1 is 1.35 bits per heavy atom. The second kappa shape index (κ2) is 5.42. The summed E-state index contributed by atoms with van der Waals surface area (Å²) in [6.45, 7) is 4.92. The standard InChI is InChI=1S/C12H14BrN3O/c1-3-14-8(2)12-15-11(16-17-12)9-4-6-10(13)7-5-9/h4-8,14H,3H2,1-2H3. The highest BCUT2D eigenvalue weighted by atomic mass is 79.9. The lowest BCUT2D eigenvalue weighted by Crippen LogP contribution is -2.17. The van der Waals surface area contributed by atoms with Crippen LogP contribution in [0.3, 0.4) is 0 Å². The lowest BCUT2D eigenvalue weighted by molar-refractivity contribution is 0.342. The molecule has 1 N–H and O–H groups in total. The van der Waals surface area contributed by atoms with Crippen LogP contribution in [0.5, 0.6) is 0 Å². The van der Waals surface area contributed by atoms with Gasteiger partial charge in [0.25, 0.3) is 0 Å². The van der Waals surface area contributed by atoms with E-state index >= 15 is 0 Å². The molecule has 90 valence electrons. The molecule has 4 nitrogen and oxygen atoms in total. The number of nitrogens with zero attached hydrogens (tertiary/aromatic N) is 2. The van der Waals surface area contributed by atoms with Crippen LogP contribution in [0.2, 0.25) is 0 Å². The highest BCUT2D eigenvalue weighted by molar-refractivity contribution is 9.10. The smallest absolute Gasteiger partial charge is 0.243 e. The maximum atomic E-state index is 5.23. The third-order valence-electron chi connectivity index (χ3n) is 2.42. The number of aromatic nitrogens is 2. The molecule has 0 aliphatic carbocycles. The zero-order valence-corrected chi connectivity index (χ0v) is 11.4. The van der Waals surface area contributed by atoms with Crippen LogP contribution in [0, 0.1) is 0 Å². The Hall–Kier alpha value is -1.20. The summed E-state index contributed by atoms with van der Waals surface area (Å²) in [5.74, 6) is 1.24. The van der Waals surface area contributed by atoms with Crippen molar-refractivity contribution in [1.29, 1.82) is 0 Å². The first kappa shape index (κ1) is 12.3. The van der Waals surface area contributed by atoms with Gasteiger partial charge in [0.15, 0.2) is 0 Å². The van der Waals surface area contributed by atoms with Crippen molar-refractivity contribution in [3.63, 3.8) is 0 Å². The van der Waals surface area contributed by atoms with Crippen LogP contribution < -0.4 is 5.32 Å². The van der Waals surface area contributed by atoms with Gasteiger partial charge in [0.1, 0.15) is 0 Å². The predicted molar refractivity (Wildman–Crippen MR) is 69.5 cm³/mol. The molecule has 17 heavy (non-hydrogen) atoms. The van der Waals surface area contributed by atoms with Gasteiger partial charge in [0, 0.05) is 10.0 Å². The molecule has 0 bridgehead atoms. The van der Waals surface area contributed by atoms with E-state index in [0.29, 0.717) is 11.7 Å². The summed E-state index contributed by atoms with van der Waals surface area (Å²) in [6.07, 6.45) is 0. The third-order valence-corrected chi connectivity index (χ3v) is 2.95. The minimum absolute atomic E-state index is 0.0803. The Bertz CT molecular complexity index is 481. The molecule has 1 aromatic heterocycles. The van der Waals surface area contributed by atoms with Crippen LogP contribution >= 0.6 is 15.9 Å². The number of benzene rings is 1. The first-order valence-corrected chi connectivity index (χ1v) is 6.33. The van der Waals surface area contributed by atoms with Gasteiger partial charge in [-0.05, 0) is 37.7 Å². The molecule has 0 aliphatic heterocycles. The zero-order valence-electron chi connectivity index (χ0n) is 9.77. The van der Waals surface area contributed by atoms with Gasteiger partial charge in [-0.3, -0.25) is 0 Å². The molecule has 0 radical (unpaired) electrons. The zero-order chi connectivity index (χ0) is 12.3. The second-order valence-corrected chi connectivity index (χ2v) is 4.66.